The summed E-state index contributed by atoms with van der Waals surface area (Å²) in [5, 5.41) is 0.652. The van der Waals surface area contributed by atoms with E-state index in [1.807, 2.05) is 24.3 Å². The van der Waals surface area contributed by atoms with E-state index in [2.05, 4.69) is 25.9 Å². The number of hydrogen-bond donors (Lipinski definition) is 1. The molecule has 0 aromatic carbocycles. The Labute approximate surface area is 95.3 Å². The molecule has 0 fully saturated rings. The van der Waals surface area contributed by atoms with E-state index in [1.165, 1.54) is 0 Å². The highest BCUT2D eigenvalue weighted by atomic mass is 79.9. The molecule has 0 aliphatic carbocycles. The van der Waals surface area contributed by atoms with Crippen LogP contribution in [0.2, 0.25) is 0 Å². The van der Waals surface area contributed by atoms with Crippen molar-refractivity contribution in [3.05, 3.63) is 52.7 Å². The molecule has 76 valence electrons. The first-order valence-electron chi connectivity index (χ1n) is 4.50. The Morgan fingerprint density at radius 1 is 1.20 bits per heavy atom. The van der Waals surface area contributed by atoms with Gasteiger partial charge in [-0.1, -0.05) is 15.9 Å². The molecule has 1 N–H and O–H groups in total. The van der Waals surface area contributed by atoms with Crippen molar-refractivity contribution in [3.8, 4) is 11.1 Å². The van der Waals surface area contributed by atoms with Crippen LogP contribution >= 0.6 is 15.9 Å². The SMILES string of the molecule is O=c1[nH]c(CBr)ccc1-c1ccncc1. The van der Waals surface area contributed by atoms with E-state index < -0.39 is 0 Å². The Hall–Kier alpha value is -1.42. The van der Waals surface area contributed by atoms with E-state index in [9.17, 15) is 4.79 Å². The molecule has 0 atom stereocenters. The minimum Gasteiger partial charge on any atom is -0.325 e. The van der Waals surface area contributed by atoms with E-state index in [0.717, 1.165) is 11.3 Å². The minimum atomic E-state index is -0.0712. The smallest absolute Gasteiger partial charge is 0.256 e. The zero-order chi connectivity index (χ0) is 10.7. The lowest BCUT2D eigenvalue weighted by Crippen LogP contribution is -2.10. The zero-order valence-corrected chi connectivity index (χ0v) is 9.49. The van der Waals surface area contributed by atoms with Gasteiger partial charge in [0.15, 0.2) is 0 Å². The van der Waals surface area contributed by atoms with E-state index in [0.29, 0.717) is 10.9 Å². The second-order valence-corrected chi connectivity index (χ2v) is 3.66. The molecular formula is C11H9BrN2O. The summed E-state index contributed by atoms with van der Waals surface area (Å²) in [7, 11) is 0. The number of halogens is 1. The standard InChI is InChI=1S/C11H9BrN2O/c12-7-9-1-2-10(11(15)14-9)8-3-5-13-6-4-8/h1-6H,7H2,(H,14,15). The second-order valence-electron chi connectivity index (χ2n) is 3.10. The van der Waals surface area contributed by atoms with Crippen LogP contribution in [0.15, 0.2) is 41.5 Å². The molecule has 2 aromatic heterocycles. The van der Waals surface area contributed by atoms with Crippen LogP contribution in [-0.2, 0) is 5.33 Å². The van der Waals surface area contributed by atoms with Crippen LogP contribution in [-0.4, -0.2) is 9.97 Å². The molecule has 0 spiro atoms. The van der Waals surface area contributed by atoms with Gasteiger partial charge in [0.25, 0.3) is 5.56 Å². The van der Waals surface area contributed by atoms with Gasteiger partial charge in [-0.25, -0.2) is 0 Å². The molecule has 0 unspecified atom stereocenters. The number of rotatable bonds is 2. The van der Waals surface area contributed by atoms with Crippen LogP contribution in [0.1, 0.15) is 5.69 Å². The van der Waals surface area contributed by atoms with E-state index in [4.69, 9.17) is 0 Å². The van der Waals surface area contributed by atoms with Crippen molar-refractivity contribution < 1.29 is 0 Å². The quantitative estimate of drug-likeness (QED) is 0.847. The lowest BCUT2D eigenvalue weighted by atomic mass is 10.1. The summed E-state index contributed by atoms with van der Waals surface area (Å²) in [6, 6.07) is 7.35. The molecule has 2 rings (SSSR count). The van der Waals surface area contributed by atoms with E-state index in [-0.39, 0.29) is 5.56 Å². The largest absolute Gasteiger partial charge is 0.325 e. The summed E-state index contributed by atoms with van der Waals surface area (Å²) in [6.45, 7) is 0. The Morgan fingerprint density at radius 2 is 1.93 bits per heavy atom. The monoisotopic (exact) mass is 264 g/mol. The minimum absolute atomic E-state index is 0.0712. The number of aromatic amines is 1. The van der Waals surface area contributed by atoms with E-state index in [1.54, 1.807) is 12.4 Å². The molecule has 3 nitrogen and oxygen atoms in total. The molecule has 2 heterocycles. The zero-order valence-electron chi connectivity index (χ0n) is 7.90. The summed E-state index contributed by atoms with van der Waals surface area (Å²) >= 11 is 3.29. The van der Waals surface area contributed by atoms with Crippen molar-refractivity contribution in [1.29, 1.82) is 0 Å². The van der Waals surface area contributed by atoms with Crippen LogP contribution in [0.3, 0.4) is 0 Å². The van der Waals surface area contributed by atoms with Crippen molar-refractivity contribution in [2.24, 2.45) is 0 Å². The molecule has 0 saturated carbocycles. The molecule has 0 radical (unpaired) electrons. The van der Waals surface area contributed by atoms with Gasteiger partial charge in [0, 0.05) is 29.0 Å². The second kappa shape index (κ2) is 4.40. The number of hydrogen-bond acceptors (Lipinski definition) is 2. The fraction of sp³-hybridized carbons (Fsp3) is 0.0909. The van der Waals surface area contributed by atoms with Crippen molar-refractivity contribution in [2.45, 2.75) is 5.33 Å². The Morgan fingerprint density at radius 3 is 2.53 bits per heavy atom. The van der Waals surface area contributed by atoms with Gasteiger partial charge in [0.2, 0.25) is 0 Å². The number of nitrogens with one attached hydrogen (secondary N) is 1. The number of pyridine rings is 2. The van der Waals surface area contributed by atoms with Crippen molar-refractivity contribution in [2.75, 3.05) is 0 Å². The molecule has 0 aliphatic rings. The average molecular weight is 265 g/mol. The predicted octanol–water partition coefficient (Wildman–Crippen LogP) is 2.33. The summed E-state index contributed by atoms with van der Waals surface area (Å²) in [5.74, 6) is 0. The van der Waals surface area contributed by atoms with Crippen molar-refractivity contribution >= 4 is 15.9 Å². The van der Waals surface area contributed by atoms with Crippen molar-refractivity contribution in [3.63, 3.8) is 0 Å². The van der Waals surface area contributed by atoms with Crippen LogP contribution in [0.5, 0.6) is 0 Å². The highest BCUT2D eigenvalue weighted by molar-refractivity contribution is 9.08. The molecule has 4 heteroatoms. The summed E-state index contributed by atoms with van der Waals surface area (Å²) in [4.78, 5) is 18.4. The fourth-order valence-electron chi connectivity index (χ4n) is 1.35. The molecule has 0 bridgehead atoms. The molecule has 0 amide bonds. The number of H-pyrrole nitrogens is 1. The lowest BCUT2D eigenvalue weighted by Gasteiger charge is -2.01. The average Bonchev–Trinajstić information content (AvgIpc) is 2.30. The molecule has 2 aromatic rings. The van der Waals surface area contributed by atoms with Crippen LogP contribution in [0.4, 0.5) is 0 Å². The fourth-order valence-corrected chi connectivity index (χ4v) is 1.68. The van der Waals surface area contributed by atoms with Crippen LogP contribution in [0, 0.1) is 0 Å². The topological polar surface area (TPSA) is 45.8 Å². The van der Waals surface area contributed by atoms with Crippen LogP contribution in [0.25, 0.3) is 11.1 Å². The maximum absolute atomic E-state index is 11.7. The Kier molecular flexibility index (Phi) is 2.97. The van der Waals surface area contributed by atoms with Gasteiger partial charge in [0.1, 0.15) is 0 Å². The predicted molar refractivity (Wildman–Crippen MR) is 62.9 cm³/mol. The first kappa shape index (κ1) is 10.1. The highest BCUT2D eigenvalue weighted by Gasteiger charge is 2.02. The lowest BCUT2D eigenvalue weighted by molar-refractivity contribution is 1.13. The number of nitrogens with zero attached hydrogens (tertiary/aromatic N) is 1. The first-order chi connectivity index (χ1) is 7.31. The normalized spacial score (nSPS) is 10.2. The summed E-state index contributed by atoms with van der Waals surface area (Å²) in [5.41, 5.74) is 2.35. The van der Waals surface area contributed by atoms with Gasteiger partial charge in [-0.2, -0.15) is 0 Å². The third-order valence-electron chi connectivity index (χ3n) is 2.11. The maximum atomic E-state index is 11.7. The summed E-state index contributed by atoms with van der Waals surface area (Å²) < 4.78 is 0. The van der Waals surface area contributed by atoms with Crippen molar-refractivity contribution in [1.82, 2.24) is 9.97 Å². The number of alkyl halides is 1. The van der Waals surface area contributed by atoms with Gasteiger partial charge in [-0.15, -0.1) is 0 Å². The van der Waals surface area contributed by atoms with Gasteiger partial charge in [-0.05, 0) is 29.8 Å². The van der Waals surface area contributed by atoms with Crippen LogP contribution < -0.4 is 5.56 Å². The molecular weight excluding hydrogens is 256 g/mol. The molecule has 0 saturated heterocycles. The van der Waals surface area contributed by atoms with Gasteiger partial charge in [0.05, 0.1) is 0 Å². The number of aromatic nitrogens is 2. The highest BCUT2D eigenvalue weighted by Crippen LogP contribution is 2.13. The third-order valence-corrected chi connectivity index (χ3v) is 2.71. The van der Waals surface area contributed by atoms with E-state index >= 15 is 0 Å². The van der Waals surface area contributed by atoms with Gasteiger partial charge in [-0.3, -0.25) is 9.78 Å². The maximum Gasteiger partial charge on any atom is 0.256 e. The summed E-state index contributed by atoms with van der Waals surface area (Å²) in [6.07, 6.45) is 3.35. The van der Waals surface area contributed by atoms with Gasteiger partial charge >= 0.3 is 0 Å². The third kappa shape index (κ3) is 2.15. The van der Waals surface area contributed by atoms with Gasteiger partial charge < -0.3 is 4.98 Å². The molecule has 0 aliphatic heterocycles. The Bertz CT molecular complexity index is 507. The molecule has 15 heavy (non-hydrogen) atoms. The first-order valence-corrected chi connectivity index (χ1v) is 5.62. The Balaban J connectivity index is 2.51.